The molecule has 0 aliphatic rings. The lowest BCUT2D eigenvalue weighted by Crippen LogP contribution is -2.39. The molecule has 104 valence electrons. The third-order valence-electron chi connectivity index (χ3n) is 3.56. The van der Waals surface area contributed by atoms with Gasteiger partial charge in [0, 0.05) is 34.1 Å². The Morgan fingerprint density at radius 2 is 2.11 bits per heavy atom. The highest BCUT2D eigenvalue weighted by Crippen LogP contribution is 2.30. The Bertz CT molecular complexity index is 363. The largest absolute Gasteiger partial charge is 0.329 e. The van der Waals surface area contributed by atoms with Gasteiger partial charge in [0.2, 0.25) is 0 Å². The first kappa shape index (κ1) is 16.0. The van der Waals surface area contributed by atoms with Gasteiger partial charge in [0.15, 0.2) is 0 Å². The lowest BCUT2D eigenvalue weighted by molar-refractivity contribution is 0.188. The van der Waals surface area contributed by atoms with Gasteiger partial charge >= 0.3 is 0 Å². The van der Waals surface area contributed by atoms with Crippen LogP contribution in [-0.4, -0.2) is 36.5 Å². The molecule has 0 saturated carbocycles. The molecule has 2 unspecified atom stereocenters. The van der Waals surface area contributed by atoms with Crippen molar-refractivity contribution < 1.29 is 0 Å². The maximum Gasteiger partial charge on any atom is 0.0481 e. The van der Waals surface area contributed by atoms with Gasteiger partial charge in [-0.05, 0) is 45.2 Å². The highest BCUT2D eigenvalue weighted by Gasteiger charge is 2.24. The van der Waals surface area contributed by atoms with Crippen molar-refractivity contribution in [1.29, 1.82) is 0 Å². The molecule has 0 bridgehead atoms. The summed E-state index contributed by atoms with van der Waals surface area (Å²) in [7, 11) is 2.22. The van der Waals surface area contributed by atoms with E-state index in [9.17, 15) is 0 Å². The van der Waals surface area contributed by atoms with Crippen molar-refractivity contribution in [3.63, 3.8) is 0 Å². The maximum atomic E-state index is 6.03. The first-order valence-electron chi connectivity index (χ1n) is 6.52. The molecule has 0 fully saturated rings. The molecule has 18 heavy (non-hydrogen) atoms. The van der Waals surface area contributed by atoms with Crippen molar-refractivity contribution in [2.24, 2.45) is 5.73 Å². The van der Waals surface area contributed by atoms with Crippen LogP contribution in [0.4, 0.5) is 0 Å². The van der Waals surface area contributed by atoms with E-state index in [0.717, 1.165) is 0 Å². The summed E-state index contributed by atoms with van der Waals surface area (Å²) in [6.07, 6.45) is 3.35. The van der Waals surface area contributed by atoms with E-state index in [1.165, 1.54) is 27.5 Å². The third-order valence-corrected chi connectivity index (χ3v) is 5.26. The Balaban J connectivity index is 2.91. The van der Waals surface area contributed by atoms with Crippen LogP contribution >= 0.6 is 23.1 Å². The normalized spacial score (nSPS) is 15.1. The van der Waals surface area contributed by atoms with E-state index < -0.39 is 0 Å². The lowest BCUT2D eigenvalue weighted by atomic mass is 10.0. The summed E-state index contributed by atoms with van der Waals surface area (Å²) in [6, 6.07) is 3.26. The summed E-state index contributed by atoms with van der Waals surface area (Å²) in [5, 5.41) is 0. The van der Waals surface area contributed by atoms with Crippen LogP contribution in [0.25, 0.3) is 0 Å². The van der Waals surface area contributed by atoms with E-state index in [1.807, 2.05) is 23.1 Å². The molecule has 2 N–H and O–H groups in total. The number of hydrogen-bond donors (Lipinski definition) is 1. The van der Waals surface area contributed by atoms with Gasteiger partial charge in [0.1, 0.15) is 0 Å². The second-order valence-corrected chi connectivity index (χ2v) is 7.17. The number of rotatable bonds is 7. The summed E-state index contributed by atoms with van der Waals surface area (Å²) in [4.78, 5) is 5.26. The minimum Gasteiger partial charge on any atom is -0.329 e. The van der Waals surface area contributed by atoms with Crippen molar-refractivity contribution in [2.45, 2.75) is 39.3 Å². The number of aryl methyl sites for hydroxylation is 2. The average molecular weight is 287 g/mol. The van der Waals surface area contributed by atoms with E-state index in [4.69, 9.17) is 5.73 Å². The molecule has 0 aromatic carbocycles. The topological polar surface area (TPSA) is 29.3 Å². The zero-order chi connectivity index (χ0) is 13.7. The maximum absolute atomic E-state index is 6.03. The van der Waals surface area contributed by atoms with Gasteiger partial charge in [0.25, 0.3) is 0 Å². The first-order chi connectivity index (χ1) is 8.54. The molecular formula is C14H26N2S2. The molecule has 0 radical (unpaired) electrons. The molecule has 2 nitrogen and oxygen atoms in total. The molecule has 0 amide bonds. The highest BCUT2D eigenvalue weighted by molar-refractivity contribution is 7.98. The van der Waals surface area contributed by atoms with Gasteiger partial charge < -0.3 is 5.73 Å². The number of thioether (sulfide) groups is 1. The van der Waals surface area contributed by atoms with Crippen LogP contribution < -0.4 is 5.73 Å². The van der Waals surface area contributed by atoms with Gasteiger partial charge in [-0.1, -0.05) is 6.92 Å². The molecule has 0 aliphatic heterocycles. The van der Waals surface area contributed by atoms with Crippen LogP contribution in [-0.2, 0) is 0 Å². The molecule has 1 heterocycles. The smallest absolute Gasteiger partial charge is 0.0481 e. The van der Waals surface area contributed by atoms with Gasteiger partial charge in [-0.15, -0.1) is 11.3 Å². The molecule has 4 heteroatoms. The van der Waals surface area contributed by atoms with Gasteiger partial charge in [0.05, 0.1) is 0 Å². The zero-order valence-corrected chi connectivity index (χ0v) is 13.8. The monoisotopic (exact) mass is 286 g/mol. The molecule has 1 rings (SSSR count). The molecule has 0 spiro atoms. The number of thiophene rings is 1. The Morgan fingerprint density at radius 3 is 2.50 bits per heavy atom. The summed E-state index contributed by atoms with van der Waals surface area (Å²) < 4.78 is 0. The van der Waals surface area contributed by atoms with Crippen LogP contribution in [0, 0.1) is 13.8 Å². The highest BCUT2D eigenvalue weighted by atomic mass is 32.2. The molecule has 1 aromatic rings. The predicted molar refractivity (Wildman–Crippen MR) is 85.8 cm³/mol. The second-order valence-electron chi connectivity index (χ2n) is 4.80. The van der Waals surface area contributed by atoms with Gasteiger partial charge in [-0.25, -0.2) is 0 Å². The van der Waals surface area contributed by atoms with Crippen molar-refractivity contribution in [3.8, 4) is 0 Å². The Kier molecular flexibility index (Phi) is 6.71. The fourth-order valence-corrected chi connectivity index (χ4v) is 4.30. The number of hydrogen-bond acceptors (Lipinski definition) is 4. The minimum atomic E-state index is 0.354. The van der Waals surface area contributed by atoms with E-state index in [0.29, 0.717) is 18.6 Å². The van der Waals surface area contributed by atoms with E-state index in [-0.39, 0.29) is 0 Å². The van der Waals surface area contributed by atoms with Crippen molar-refractivity contribution in [2.75, 3.05) is 25.6 Å². The molecule has 1 aromatic heterocycles. The van der Waals surface area contributed by atoms with Crippen molar-refractivity contribution >= 4 is 23.1 Å². The SMILES string of the molecule is CCC(CSC)N(C)C(CN)c1cc(C)sc1C. The van der Waals surface area contributed by atoms with Gasteiger partial charge in [-0.3, -0.25) is 4.90 Å². The minimum absolute atomic E-state index is 0.354. The standard InChI is InChI=1S/C14H26N2S2/c1-6-12(9-17-5)16(4)14(8-15)13-7-10(2)18-11(13)3/h7,12,14H,6,8-9,15H2,1-5H3. The summed E-state index contributed by atoms with van der Waals surface area (Å²) in [5.74, 6) is 1.17. The second kappa shape index (κ2) is 7.53. The third kappa shape index (κ3) is 3.73. The molecule has 0 aliphatic carbocycles. The van der Waals surface area contributed by atoms with E-state index >= 15 is 0 Å². The molecule has 2 atom stereocenters. The van der Waals surface area contributed by atoms with Crippen LogP contribution in [0.3, 0.4) is 0 Å². The van der Waals surface area contributed by atoms with Gasteiger partial charge in [-0.2, -0.15) is 11.8 Å². The van der Waals surface area contributed by atoms with E-state index in [1.54, 1.807) is 0 Å². The van der Waals surface area contributed by atoms with E-state index in [2.05, 4.69) is 45.0 Å². The Hall–Kier alpha value is -0.0300. The van der Waals surface area contributed by atoms with Crippen LogP contribution in [0.5, 0.6) is 0 Å². The first-order valence-corrected chi connectivity index (χ1v) is 8.74. The van der Waals surface area contributed by atoms with Crippen LogP contribution in [0.2, 0.25) is 0 Å². The Labute approximate surface area is 120 Å². The summed E-state index contributed by atoms with van der Waals surface area (Å²) in [5.41, 5.74) is 7.45. The number of nitrogens with two attached hydrogens (primary N) is 1. The summed E-state index contributed by atoms with van der Waals surface area (Å²) in [6.45, 7) is 7.34. The summed E-state index contributed by atoms with van der Waals surface area (Å²) >= 11 is 3.79. The quantitative estimate of drug-likeness (QED) is 0.832. The van der Waals surface area contributed by atoms with Crippen molar-refractivity contribution in [1.82, 2.24) is 4.90 Å². The average Bonchev–Trinajstić information content (AvgIpc) is 2.66. The predicted octanol–water partition coefficient (Wildman–Crippen LogP) is 3.44. The number of nitrogens with zero attached hydrogens (tertiary/aromatic N) is 1. The van der Waals surface area contributed by atoms with Crippen LogP contribution in [0.1, 0.15) is 34.7 Å². The van der Waals surface area contributed by atoms with Crippen molar-refractivity contribution in [3.05, 3.63) is 21.4 Å². The molecular weight excluding hydrogens is 260 g/mol. The Morgan fingerprint density at radius 1 is 1.44 bits per heavy atom. The fourth-order valence-electron chi connectivity index (χ4n) is 2.46. The fraction of sp³-hybridized carbons (Fsp3) is 0.714. The van der Waals surface area contributed by atoms with Crippen LogP contribution in [0.15, 0.2) is 6.07 Å². The molecule has 0 saturated heterocycles. The zero-order valence-electron chi connectivity index (χ0n) is 12.2. The lowest BCUT2D eigenvalue weighted by Gasteiger charge is -2.34. The number of likely N-dealkylation sites (N-methyl/N-ethyl adjacent to an activating group) is 1.